The molecule has 0 heterocycles. The fourth-order valence-electron chi connectivity index (χ4n) is 1.67. The third-order valence-electron chi connectivity index (χ3n) is 2.64. The Morgan fingerprint density at radius 1 is 1.00 bits per heavy atom. The first-order chi connectivity index (χ1) is 8.66. The van der Waals surface area contributed by atoms with Crippen molar-refractivity contribution >= 4 is 17.7 Å². The van der Waals surface area contributed by atoms with Crippen molar-refractivity contribution in [1.29, 1.82) is 0 Å². The van der Waals surface area contributed by atoms with E-state index >= 15 is 0 Å². The highest BCUT2D eigenvalue weighted by Gasteiger charge is 2.04. The summed E-state index contributed by atoms with van der Waals surface area (Å²) in [5.41, 5.74) is 1.74. The van der Waals surface area contributed by atoms with Crippen LogP contribution in [0.1, 0.15) is 28.4 Å². The molecule has 0 fully saturated rings. The molecule has 0 atom stereocenters. The molecule has 2 aromatic carbocycles. The van der Waals surface area contributed by atoms with Gasteiger partial charge in [0.1, 0.15) is 5.83 Å². The van der Waals surface area contributed by atoms with E-state index < -0.39 is 0 Å². The predicted octanol–water partition coefficient (Wildman–Crippen LogP) is 4.36. The zero-order valence-electron chi connectivity index (χ0n) is 10.1. The van der Waals surface area contributed by atoms with Gasteiger partial charge in [-0.05, 0) is 24.6 Å². The van der Waals surface area contributed by atoms with Crippen LogP contribution in [-0.2, 0) is 0 Å². The highest BCUT2D eigenvalue weighted by Crippen LogP contribution is 2.20. The molecule has 90 valence electrons. The summed E-state index contributed by atoms with van der Waals surface area (Å²) in [5, 5.41) is 0. The standard InChI is InChI=1S/C16H13FO/c1-12(18)14-8-5-9-15(11-14)16(17)10-13-6-3-2-4-7-13/h2-11H,1H3/b16-10+. The Bertz CT molecular complexity index is 585. The third-order valence-corrected chi connectivity index (χ3v) is 2.64. The van der Waals surface area contributed by atoms with Crippen LogP contribution in [-0.4, -0.2) is 5.78 Å². The number of hydrogen-bond acceptors (Lipinski definition) is 1. The summed E-state index contributed by atoms with van der Waals surface area (Å²) in [5.74, 6) is -0.409. The van der Waals surface area contributed by atoms with Crippen molar-refractivity contribution in [2.45, 2.75) is 6.92 Å². The molecule has 18 heavy (non-hydrogen) atoms. The van der Waals surface area contributed by atoms with Crippen LogP contribution in [0.3, 0.4) is 0 Å². The minimum atomic E-state index is -0.343. The van der Waals surface area contributed by atoms with Gasteiger partial charge < -0.3 is 0 Å². The van der Waals surface area contributed by atoms with Crippen molar-refractivity contribution in [3.63, 3.8) is 0 Å². The Hall–Kier alpha value is -2.22. The molecular formula is C16H13FO. The molecule has 0 bridgehead atoms. The number of Topliss-reactive ketones (excluding diaryl/α,β-unsaturated/α-hetero) is 1. The SMILES string of the molecule is CC(=O)c1cccc(/C(F)=C\c2ccccc2)c1. The molecule has 0 saturated carbocycles. The average molecular weight is 240 g/mol. The number of ketones is 1. The molecule has 0 amide bonds. The second-order valence-corrected chi connectivity index (χ2v) is 4.04. The largest absolute Gasteiger partial charge is 0.295 e. The first-order valence-electron chi connectivity index (χ1n) is 5.70. The zero-order chi connectivity index (χ0) is 13.0. The fourth-order valence-corrected chi connectivity index (χ4v) is 1.67. The van der Waals surface area contributed by atoms with E-state index in [-0.39, 0.29) is 11.6 Å². The molecule has 0 N–H and O–H groups in total. The number of hydrogen-bond donors (Lipinski definition) is 0. The van der Waals surface area contributed by atoms with E-state index in [4.69, 9.17) is 0 Å². The minimum absolute atomic E-state index is 0.0654. The van der Waals surface area contributed by atoms with Crippen LogP contribution in [0.25, 0.3) is 11.9 Å². The second kappa shape index (κ2) is 5.41. The molecule has 0 aliphatic heterocycles. The highest BCUT2D eigenvalue weighted by molar-refractivity contribution is 5.95. The lowest BCUT2D eigenvalue weighted by Crippen LogP contribution is -1.92. The van der Waals surface area contributed by atoms with E-state index in [1.807, 2.05) is 30.3 Å². The fraction of sp³-hybridized carbons (Fsp3) is 0.0625. The summed E-state index contributed by atoms with van der Waals surface area (Å²) in [4.78, 5) is 11.2. The van der Waals surface area contributed by atoms with Gasteiger partial charge in [-0.15, -0.1) is 0 Å². The maximum Gasteiger partial charge on any atom is 0.159 e. The lowest BCUT2D eigenvalue weighted by atomic mass is 10.1. The average Bonchev–Trinajstić information content (AvgIpc) is 2.40. The normalized spacial score (nSPS) is 11.3. The van der Waals surface area contributed by atoms with E-state index in [0.29, 0.717) is 11.1 Å². The maximum atomic E-state index is 14.0. The quantitative estimate of drug-likeness (QED) is 0.575. The van der Waals surface area contributed by atoms with Gasteiger partial charge in [0, 0.05) is 11.1 Å². The van der Waals surface area contributed by atoms with E-state index in [9.17, 15) is 9.18 Å². The molecule has 0 aliphatic carbocycles. The van der Waals surface area contributed by atoms with Crippen molar-refractivity contribution in [3.05, 3.63) is 71.3 Å². The van der Waals surface area contributed by atoms with E-state index in [0.717, 1.165) is 5.56 Å². The van der Waals surface area contributed by atoms with Crippen LogP contribution in [0.5, 0.6) is 0 Å². The lowest BCUT2D eigenvalue weighted by Gasteiger charge is -2.01. The highest BCUT2D eigenvalue weighted by atomic mass is 19.1. The molecule has 0 aliphatic rings. The van der Waals surface area contributed by atoms with Crippen LogP contribution in [0.15, 0.2) is 54.6 Å². The molecule has 1 nitrogen and oxygen atoms in total. The summed E-state index contributed by atoms with van der Waals surface area (Å²) in [6, 6.07) is 15.8. The van der Waals surface area contributed by atoms with Gasteiger partial charge in [0.05, 0.1) is 0 Å². The van der Waals surface area contributed by atoms with Gasteiger partial charge in [0.25, 0.3) is 0 Å². The number of carbonyl (C=O) groups excluding carboxylic acids is 1. The Labute approximate surface area is 106 Å². The van der Waals surface area contributed by atoms with Crippen molar-refractivity contribution < 1.29 is 9.18 Å². The summed E-state index contributed by atoms with van der Waals surface area (Å²) >= 11 is 0. The van der Waals surface area contributed by atoms with Gasteiger partial charge in [-0.1, -0.05) is 48.5 Å². The van der Waals surface area contributed by atoms with Crippen molar-refractivity contribution in [1.82, 2.24) is 0 Å². The molecule has 0 unspecified atom stereocenters. The minimum Gasteiger partial charge on any atom is -0.295 e. The zero-order valence-corrected chi connectivity index (χ0v) is 10.1. The molecule has 0 radical (unpaired) electrons. The molecule has 0 spiro atoms. The van der Waals surface area contributed by atoms with Crippen molar-refractivity contribution in [2.75, 3.05) is 0 Å². The maximum absolute atomic E-state index is 14.0. The summed E-state index contributed by atoms with van der Waals surface area (Å²) in [6.45, 7) is 1.47. The van der Waals surface area contributed by atoms with Crippen molar-refractivity contribution in [2.24, 2.45) is 0 Å². The van der Waals surface area contributed by atoms with Crippen LogP contribution >= 0.6 is 0 Å². The molecule has 0 aromatic heterocycles. The summed E-state index contributed by atoms with van der Waals surface area (Å²) in [6.07, 6.45) is 1.46. The van der Waals surface area contributed by atoms with Gasteiger partial charge in [-0.2, -0.15) is 0 Å². The molecule has 2 heteroatoms. The number of rotatable bonds is 3. The number of carbonyl (C=O) groups is 1. The van der Waals surface area contributed by atoms with Crippen LogP contribution in [0.2, 0.25) is 0 Å². The van der Waals surface area contributed by atoms with Gasteiger partial charge in [-0.25, -0.2) is 4.39 Å². The van der Waals surface area contributed by atoms with Crippen molar-refractivity contribution in [3.8, 4) is 0 Å². The first-order valence-corrected chi connectivity index (χ1v) is 5.70. The predicted molar refractivity (Wildman–Crippen MR) is 71.9 cm³/mol. The first kappa shape index (κ1) is 12.2. The van der Waals surface area contributed by atoms with E-state index in [1.165, 1.54) is 13.0 Å². The van der Waals surface area contributed by atoms with E-state index in [2.05, 4.69) is 0 Å². The van der Waals surface area contributed by atoms with Gasteiger partial charge in [-0.3, -0.25) is 4.79 Å². The smallest absolute Gasteiger partial charge is 0.159 e. The van der Waals surface area contributed by atoms with Crippen LogP contribution in [0.4, 0.5) is 4.39 Å². The van der Waals surface area contributed by atoms with Gasteiger partial charge >= 0.3 is 0 Å². The van der Waals surface area contributed by atoms with Gasteiger partial charge in [0.15, 0.2) is 5.78 Å². The third kappa shape index (κ3) is 2.92. The Morgan fingerprint density at radius 3 is 2.33 bits per heavy atom. The molecule has 2 aromatic rings. The van der Waals surface area contributed by atoms with Crippen LogP contribution < -0.4 is 0 Å². The Morgan fingerprint density at radius 2 is 1.67 bits per heavy atom. The monoisotopic (exact) mass is 240 g/mol. The van der Waals surface area contributed by atoms with Gasteiger partial charge in [0.2, 0.25) is 0 Å². The lowest BCUT2D eigenvalue weighted by molar-refractivity contribution is 0.101. The summed E-state index contributed by atoms with van der Waals surface area (Å²) in [7, 11) is 0. The second-order valence-electron chi connectivity index (χ2n) is 4.04. The number of benzene rings is 2. The summed E-state index contributed by atoms with van der Waals surface area (Å²) < 4.78 is 14.0. The molecule has 0 saturated heterocycles. The number of halogens is 1. The topological polar surface area (TPSA) is 17.1 Å². The molecular weight excluding hydrogens is 227 g/mol. The Balaban J connectivity index is 2.34. The van der Waals surface area contributed by atoms with Crippen LogP contribution in [0, 0.1) is 0 Å². The van der Waals surface area contributed by atoms with E-state index in [1.54, 1.807) is 24.3 Å². The Kier molecular flexibility index (Phi) is 3.68. The molecule has 2 rings (SSSR count).